The molecule has 4 atom stereocenters. The van der Waals surface area contributed by atoms with E-state index < -0.39 is 26.1 Å². The summed E-state index contributed by atoms with van der Waals surface area (Å²) < 4.78 is 53.6. The number of sulfonamides is 2. The second-order valence-electron chi connectivity index (χ2n) is 13.6. The topological polar surface area (TPSA) is 118 Å². The van der Waals surface area contributed by atoms with Gasteiger partial charge in [-0.25, -0.2) is 21.6 Å². The standard InChI is InChI=1S/C16H20N2O2S.C16H19N2O2S.C12H18.CH3.ClH.Ru/c2*1-17-15(13-9-5-3-6-10-13)16(18-21(2,19)20)14-11-7-4-8-12-14;1-7-8(2)10(4)12(6)11(5)9(7)3;;;/h3-12,15-18H,1-2H3;3-12,15-17H,1-2H3;1-6H3;1H3;1H;/q;-1;;-1;;+4/p-1/t2*15-,16-;;;;/m00..../s1. The molecule has 0 spiro atoms. The monoisotopic (exact) mass is 921 g/mol. The van der Waals surface area contributed by atoms with Crippen molar-refractivity contribution in [1.82, 2.24) is 15.4 Å². The first-order valence-electron chi connectivity index (χ1n) is 18.1. The van der Waals surface area contributed by atoms with E-state index in [9.17, 15) is 16.8 Å². The average molecular weight is 922 g/mol. The molecule has 5 aromatic rings. The predicted octanol–water partition coefficient (Wildman–Crippen LogP) is 9.93. The van der Waals surface area contributed by atoms with Crippen LogP contribution in [0.4, 0.5) is 0 Å². The molecule has 8 nitrogen and oxygen atoms in total. The van der Waals surface area contributed by atoms with Crippen molar-refractivity contribution >= 4 is 29.7 Å². The third-order valence-electron chi connectivity index (χ3n) is 9.91. The van der Waals surface area contributed by atoms with Gasteiger partial charge in [0.15, 0.2) is 0 Å². The summed E-state index contributed by atoms with van der Waals surface area (Å²) in [7, 11) is 1.44. The van der Waals surface area contributed by atoms with Gasteiger partial charge in [-0.2, -0.15) is 0 Å². The number of hydrogen-bond donors (Lipinski definition) is 3. The average Bonchev–Trinajstić information content (AvgIpc) is 3.20. The van der Waals surface area contributed by atoms with Crippen molar-refractivity contribution in [3.63, 3.8) is 0 Å². The Balaban J connectivity index is 0.000000430. The number of nitrogens with one attached hydrogen (secondary N) is 3. The van der Waals surface area contributed by atoms with E-state index in [1.165, 1.54) is 39.6 Å². The summed E-state index contributed by atoms with van der Waals surface area (Å²) in [5.41, 5.74) is 12.5. The number of likely N-dealkylation sites (N-methyl/N-ethyl adjacent to an activating group) is 2. The Morgan fingerprint density at radius 3 is 1.00 bits per heavy atom. The van der Waals surface area contributed by atoms with Crippen LogP contribution in [0.15, 0.2) is 121 Å². The van der Waals surface area contributed by atoms with E-state index >= 15 is 0 Å². The Morgan fingerprint density at radius 1 is 0.474 bits per heavy atom. The van der Waals surface area contributed by atoms with Gasteiger partial charge in [0, 0.05) is 12.3 Å². The molecule has 310 valence electrons. The molecule has 0 bridgehead atoms. The van der Waals surface area contributed by atoms with E-state index in [0.717, 1.165) is 28.5 Å². The minimum atomic E-state index is -3.45. The maximum atomic E-state index is 11.7. The summed E-state index contributed by atoms with van der Waals surface area (Å²) in [5.74, 6) is 0. The predicted molar refractivity (Wildman–Crippen MR) is 238 cm³/mol. The third-order valence-corrected chi connectivity index (χ3v) is 11.2. The molecule has 3 N–H and O–H groups in total. The van der Waals surface area contributed by atoms with Crippen LogP contribution in [-0.2, 0) is 37.4 Å². The van der Waals surface area contributed by atoms with Crippen molar-refractivity contribution in [2.45, 2.75) is 65.7 Å². The summed E-state index contributed by atoms with van der Waals surface area (Å²) in [6.45, 7) is 13.3. The van der Waals surface area contributed by atoms with Gasteiger partial charge < -0.3 is 22.8 Å². The Morgan fingerprint density at radius 2 is 0.737 bits per heavy atom. The number of benzene rings is 5. The van der Waals surface area contributed by atoms with Gasteiger partial charge in [0.25, 0.3) is 0 Å². The maximum absolute atomic E-state index is 11.7. The summed E-state index contributed by atoms with van der Waals surface area (Å²) in [6, 6.07) is 37.4. The number of nitrogens with zero attached hydrogens (tertiary/aromatic N) is 1. The molecule has 5 rings (SSSR count). The molecule has 0 aromatic heterocycles. The van der Waals surface area contributed by atoms with E-state index in [1.54, 1.807) is 0 Å². The van der Waals surface area contributed by atoms with E-state index in [-0.39, 0.29) is 25.6 Å². The number of hydrogen-bond acceptors (Lipinski definition) is 6. The van der Waals surface area contributed by atoms with Gasteiger partial charge in [0.1, 0.15) is 0 Å². The first-order chi connectivity index (χ1) is 26.5. The molecule has 5 aromatic carbocycles. The molecular weight excluding hydrogens is 861 g/mol. The van der Waals surface area contributed by atoms with Crippen LogP contribution in [0.3, 0.4) is 0 Å². The molecule has 0 heterocycles. The molecular formula is C45H60ClN4O4RuS2+. The number of halogens is 1. The normalized spacial score (nSPS) is 13.0. The van der Waals surface area contributed by atoms with Gasteiger partial charge in [-0.1, -0.05) is 133 Å². The van der Waals surface area contributed by atoms with Crippen molar-refractivity contribution in [2.75, 3.05) is 26.6 Å². The molecule has 57 heavy (non-hydrogen) atoms. The Hall–Kier alpha value is -3.25. The summed E-state index contributed by atoms with van der Waals surface area (Å²) in [4.78, 5) is 0. The van der Waals surface area contributed by atoms with Crippen LogP contribution >= 0.6 is 9.69 Å². The Bertz CT molecular complexity index is 1900. The number of rotatable bonds is 12. The van der Waals surface area contributed by atoms with Gasteiger partial charge >= 0.3 is 27.0 Å². The van der Waals surface area contributed by atoms with Gasteiger partial charge in [-0.15, -0.1) is 0 Å². The molecule has 0 unspecified atom stereocenters. The second kappa shape index (κ2) is 25.3. The van der Waals surface area contributed by atoms with Crippen LogP contribution in [0.2, 0.25) is 0 Å². The first kappa shape index (κ1) is 51.8. The molecule has 0 fully saturated rings. The Kier molecular flexibility index (Phi) is 23.0. The second-order valence-corrected chi connectivity index (χ2v) is 17.0. The molecule has 0 aliphatic heterocycles. The van der Waals surface area contributed by atoms with Crippen molar-refractivity contribution < 1.29 is 34.1 Å². The van der Waals surface area contributed by atoms with Gasteiger partial charge in [-0.05, 0) is 106 Å². The van der Waals surface area contributed by atoms with Crippen LogP contribution in [0.5, 0.6) is 0 Å². The van der Waals surface area contributed by atoms with Crippen LogP contribution < -0.4 is 15.4 Å². The SMILES string of the molecule is CN[C@@H](c1ccccc1)[C@@H](NS(C)(=O)=O)c1ccccc1.CN[C@@H](c1ccccc1)[C@@H]([N-]S(C)(=O)=O)c1ccccc1.Cc1c(C)c(C)c(C)c(C)c1C.[CH3-].[Cl][Ru+3]. The van der Waals surface area contributed by atoms with Gasteiger partial charge in [0.2, 0.25) is 10.0 Å². The van der Waals surface area contributed by atoms with Crippen molar-refractivity contribution in [3.05, 3.63) is 189 Å². The summed E-state index contributed by atoms with van der Waals surface area (Å²) >= 11 is 1.82. The fourth-order valence-electron chi connectivity index (χ4n) is 6.43. The van der Waals surface area contributed by atoms with Crippen molar-refractivity contribution in [3.8, 4) is 0 Å². The fourth-order valence-corrected chi connectivity index (χ4v) is 7.82. The molecule has 0 radical (unpaired) electrons. The van der Waals surface area contributed by atoms with Crippen LogP contribution in [0.25, 0.3) is 4.72 Å². The first-order valence-corrected chi connectivity index (χ1v) is 24.1. The zero-order valence-corrected chi connectivity index (χ0v) is 39.1. The Labute approximate surface area is 358 Å². The molecule has 0 saturated heterocycles. The minimum absolute atomic E-state index is 0. The van der Waals surface area contributed by atoms with E-state index in [0.29, 0.717) is 0 Å². The van der Waals surface area contributed by atoms with Crippen LogP contribution in [0.1, 0.15) is 79.8 Å². The zero-order chi connectivity index (χ0) is 42.1. The summed E-state index contributed by atoms with van der Waals surface area (Å²) in [5, 5.41) is 6.39. The molecule has 0 aliphatic rings. The van der Waals surface area contributed by atoms with Gasteiger partial charge in [0.05, 0.1) is 28.4 Å². The van der Waals surface area contributed by atoms with E-state index in [2.05, 4.69) is 71.3 Å². The molecule has 0 amide bonds. The van der Waals surface area contributed by atoms with Crippen molar-refractivity contribution in [2.24, 2.45) is 0 Å². The van der Waals surface area contributed by atoms with Gasteiger partial charge in [-0.3, -0.25) is 0 Å². The zero-order valence-electron chi connectivity index (χ0n) is 35.0. The molecule has 12 heteroatoms. The van der Waals surface area contributed by atoms with Crippen LogP contribution in [0, 0.1) is 49.0 Å². The molecule has 0 aliphatic carbocycles. The van der Waals surface area contributed by atoms with E-state index in [1.807, 2.05) is 153 Å². The van der Waals surface area contributed by atoms with Crippen molar-refractivity contribution in [1.29, 1.82) is 0 Å². The summed E-state index contributed by atoms with van der Waals surface area (Å²) in [6.07, 6.45) is 2.31. The fraction of sp³-hybridized carbons (Fsp3) is 0.311. The van der Waals surface area contributed by atoms with Crippen LogP contribution in [-0.4, -0.2) is 43.4 Å². The van der Waals surface area contributed by atoms with E-state index in [4.69, 9.17) is 0 Å². The quantitative estimate of drug-likeness (QED) is 0.0848. The third kappa shape index (κ3) is 16.5. The molecule has 0 saturated carbocycles.